The molecule has 17 heavy (non-hydrogen) atoms. The van der Waals surface area contributed by atoms with Gasteiger partial charge in [0.25, 0.3) is 0 Å². The molecule has 0 saturated heterocycles. The van der Waals surface area contributed by atoms with Gasteiger partial charge in [0, 0.05) is 24.8 Å². The zero-order chi connectivity index (χ0) is 12.1. The van der Waals surface area contributed by atoms with Crippen LogP contribution in [0.15, 0.2) is 24.3 Å². The molecule has 0 fully saturated rings. The highest BCUT2D eigenvalue weighted by molar-refractivity contribution is 5.56. The summed E-state index contributed by atoms with van der Waals surface area (Å²) in [5, 5.41) is 12.7. The van der Waals surface area contributed by atoms with Crippen molar-refractivity contribution in [2.24, 2.45) is 0 Å². The molecule has 1 aromatic rings. The van der Waals surface area contributed by atoms with Crippen molar-refractivity contribution in [1.29, 1.82) is 0 Å². The van der Waals surface area contributed by atoms with Gasteiger partial charge in [-0.2, -0.15) is 0 Å². The molecule has 2 rings (SSSR count). The van der Waals surface area contributed by atoms with Gasteiger partial charge < -0.3 is 15.3 Å². The highest BCUT2D eigenvalue weighted by atomic mass is 16.3. The molecule has 1 aromatic carbocycles. The lowest BCUT2D eigenvalue weighted by Crippen LogP contribution is -2.37. The number of nitrogens with zero attached hydrogens (tertiary/aromatic N) is 1. The maximum Gasteiger partial charge on any atom is 0.0606 e. The van der Waals surface area contributed by atoms with Crippen LogP contribution in [0.3, 0.4) is 0 Å². The van der Waals surface area contributed by atoms with E-state index in [9.17, 15) is 0 Å². The van der Waals surface area contributed by atoms with Crippen LogP contribution >= 0.6 is 0 Å². The summed E-state index contributed by atoms with van der Waals surface area (Å²) in [5.41, 5.74) is 2.65. The highest BCUT2D eigenvalue weighted by Crippen LogP contribution is 2.33. The zero-order valence-electron chi connectivity index (χ0n) is 10.5. The predicted molar refractivity (Wildman–Crippen MR) is 71.4 cm³/mol. The van der Waals surface area contributed by atoms with Crippen molar-refractivity contribution >= 4 is 5.69 Å². The molecule has 1 atom stereocenters. The number of aliphatic hydroxyl groups excluding tert-OH is 1. The molecule has 0 amide bonds. The Morgan fingerprint density at radius 1 is 1.41 bits per heavy atom. The SMILES string of the molecule is CCCNC1CCN(CCO)c2ccccc21. The van der Waals surface area contributed by atoms with Gasteiger partial charge in [0.05, 0.1) is 6.61 Å². The lowest BCUT2D eigenvalue weighted by Gasteiger charge is -2.35. The molecular weight excluding hydrogens is 212 g/mol. The van der Waals surface area contributed by atoms with E-state index in [1.807, 2.05) is 0 Å². The normalized spacial score (nSPS) is 19.2. The van der Waals surface area contributed by atoms with Gasteiger partial charge in [-0.05, 0) is 31.0 Å². The summed E-state index contributed by atoms with van der Waals surface area (Å²) in [6.07, 6.45) is 2.29. The van der Waals surface area contributed by atoms with Crippen LogP contribution in [0, 0.1) is 0 Å². The molecule has 0 spiro atoms. The van der Waals surface area contributed by atoms with Crippen LogP contribution in [-0.2, 0) is 0 Å². The minimum Gasteiger partial charge on any atom is -0.395 e. The fourth-order valence-corrected chi connectivity index (χ4v) is 2.51. The molecule has 1 heterocycles. The summed E-state index contributed by atoms with van der Waals surface area (Å²) in [7, 11) is 0. The quantitative estimate of drug-likeness (QED) is 0.817. The summed E-state index contributed by atoms with van der Waals surface area (Å²) in [6.45, 7) is 5.25. The van der Waals surface area contributed by atoms with Crippen molar-refractivity contribution in [2.75, 3.05) is 31.1 Å². The minimum absolute atomic E-state index is 0.224. The van der Waals surface area contributed by atoms with Crippen molar-refractivity contribution in [3.8, 4) is 0 Å². The Labute approximate surface area is 103 Å². The van der Waals surface area contributed by atoms with Gasteiger partial charge in [0.1, 0.15) is 0 Å². The Morgan fingerprint density at radius 3 is 3.00 bits per heavy atom. The molecule has 0 aliphatic carbocycles. The maximum atomic E-state index is 9.09. The van der Waals surface area contributed by atoms with Crippen LogP contribution in [-0.4, -0.2) is 31.3 Å². The fraction of sp³-hybridized carbons (Fsp3) is 0.571. The lowest BCUT2D eigenvalue weighted by atomic mass is 9.96. The summed E-state index contributed by atoms with van der Waals surface area (Å²) in [4.78, 5) is 2.28. The van der Waals surface area contributed by atoms with Gasteiger partial charge in [-0.15, -0.1) is 0 Å². The summed E-state index contributed by atoms with van der Waals surface area (Å²) in [6, 6.07) is 9.01. The smallest absolute Gasteiger partial charge is 0.0606 e. The molecule has 1 unspecified atom stereocenters. The summed E-state index contributed by atoms with van der Waals surface area (Å²) < 4.78 is 0. The topological polar surface area (TPSA) is 35.5 Å². The average molecular weight is 234 g/mol. The molecular formula is C14H22N2O. The first-order valence-corrected chi connectivity index (χ1v) is 6.55. The number of benzene rings is 1. The van der Waals surface area contributed by atoms with E-state index in [4.69, 9.17) is 5.11 Å². The molecule has 0 bridgehead atoms. The molecule has 1 aliphatic rings. The van der Waals surface area contributed by atoms with Gasteiger partial charge in [-0.1, -0.05) is 25.1 Å². The minimum atomic E-state index is 0.224. The number of hydrogen-bond donors (Lipinski definition) is 2. The van der Waals surface area contributed by atoms with Crippen molar-refractivity contribution in [3.05, 3.63) is 29.8 Å². The number of para-hydroxylation sites is 1. The first-order chi connectivity index (χ1) is 8.36. The molecule has 3 heteroatoms. The number of fused-ring (bicyclic) bond motifs is 1. The Kier molecular flexibility index (Phi) is 4.40. The van der Waals surface area contributed by atoms with E-state index in [-0.39, 0.29) is 6.61 Å². The Morgan fingerprint density at radius 2 is 2.24 bits per heavy atom. The first-order valence-electron chi connectivity index (χ1n) is 6.55. The Hall–Kier alpha value is -1.06. The summed E-state index contributed by atoms with van der Waals surface area (Å²) in [5.74, 6) is 0. The van der Waals surface area contributed by atoms with Gasteiger partial charge in [0.15, 0.2) is 0 Å². The van der Waals surface area contributed by atoms with Crippen molar-refractivity contribution in [2.45, 2.75) is 25.8 Å². The molecule has 3 nitrogen and oxygen atoms in total. The van der Waals surface area contributed by atoms with Gasteiger partial charge >= 0.3 is 0 Å². The van der Waals surface area contributed by atoms with Crippen LogP contribution in [0.5, 0.6) is 0 Å². The molecule has 0 saturated carbocycles. The fourth-order valence-electron chi connectivity index (χ4n) is 2.51. The number of anilines is 1. The van der Waals surface area contributed by atoms with Crippen LogP contribution in [0.2, 0.25) is 0 Å². The number of β-amino-alcohol motifs (C(OH)–C–C–N with tert-alkyl or cyclic N) is 1. The van der Waals surface area contributed by atoms with Crippen LogP contribution < -0.4 is 10.2 Å². The lowest BCUT2D eigenvalue weighted by molar-refractivity contribution is 0.299. The maximum absolute atomic E-state index is 9.09. The average Bonchev–Trinajstić information content (AvgIpc) is 2.38. The predicted octanol–water partition coefficient (Wildman–Crippen LogP) is 1.93. The number of nitrogens with one attached hydrogen (secondary N) is 1. The third-order valence-corrected chi connectivity index (χ3v) is 3.35. The van der Waals surface area contributed by atoms with E-state index in [1.165, 1.54) is 17.7 Å². The van der Waals surface area contributed by atoms with Crippen LogP contribution in [0.4, 0.5) is 5.69 Å². The van der Waals surface area contributed by atoms with Gasteiger partial charge in [-0.3, -0.25) is 0 Å². The van der Waals surface area contributed by atoms with Gasteiger partial charge in [0.2, 0.25) is 0 Å². The van der Waals surface area contributed by atoms with E-state index in [2.05, 4.69) is 41.4 Å². The largest absolute Gasteiger partial charge is 0.395 e. The number of rotatable bonds is 5. The highest BCUT2D eigenvalue weighted by Gasteiger charge is 2.23. The molecule has 0 aromatic heterocycles. The number of aliphatic hydroxyl groups is 1. The van der Waals surface area contributed by atoms with E-state index in [1.54, 1.807) is 0 Å². The van der Waals surface area contributed by atoms with Crippen LogP contribution in [0.1, 0.15) is 31.4 Å². The molecule has 0 radical (unpaired) electrons. The van der Waals surface area contributed by atoms with Crippen molar-refractivity contribution in [1.82, 2.24) is 5.32 Å². The molecule has 94 valence electrons. The second-order valence-corrected chi connectivity index (χ2v) is 4.56. The molecule has 1 aliphatic heterocycles. The number of hydrogen-bond acceptors (Lipinski definition) is 3. The van der Waals surface area contributed by atoms with Crippen molar-refractivity contribution in [3.63, 3.8) is 0 Å². The van der Waals surface area contributed by atoms with Crippen molar-refractivity contribution < 1.29 is 5.11 Å². The van der Waals surface area contributed by atoms with E-state index in [0.29, 0.717) is 6.04 Å². The Balaban J connectivity index is 2.17. The first kappa shape index (κ1) is 12.4. The summed E-state index contributed by atoms with van der Waals surface area (Å²) >= 11 is 0. The second-order valence-electron chi connectivity index (χ2n) is 4.56. The van der Waals surface area contributed by atoms with E-state index < -0.39 is 0 Å². The third kappa shape index (κ3) is 2.79. The standard InChI is InChI=1S/C14H22N2O/c1-2-8-15-13-7-9-16(10-11-17)14-6-4-3-5-12(13)14/h3-6,13,15,17H,2,7-11H2,1H3. The zero-order valence-corrected chi connectivity index (χ0v) is 10.5. The molecule has 2 N–H and O–H groups in total. The second kappa shape index (κ2) is 6.03. The van der Waals surface area contributed by atoms with Crippen LogP contribution in [0.25, 0.3) is 0 Å². The monoisotopic (exact) mass is 234 g/mol. The van der Waals surface area contributed by atoms with E-state index >= 15 is 0 Å². The third-order valence-electron chi connectivity index (χ3n) is 3.35. The van der Waals surface area contributed by atoms with E-state index in [0.717, 1.165) is 26.1 Å². The Bertz CT molecular complexity index is 354. The van der Waals surface area contributed by atoms with Gasteiger partial charge in [-0.25, -0.2) is 0 Å².